The fourth-order valence-electron chi connectivity index (χ4n) is 2.65. The molecule has 0 bridgehead atoms. The third-order valence-electron chi connectivity index (χ3n) is 3.99. The van der Waals surface area contributed by atoms with Gasteiger partial charge in [-0.15, -0.1) is 0 Å². The number of benzene rings is 1. The molecule has 24 heavy (non-hydrogen) atoms. The Hall–Kier alpha value is -2.54. The van der Waals surface area contributed by atoms with Crippen LogP contribution in [0.15, 0.2) is 51.9 Å². The lowest BCUT2D eigenvalue weighted by molar-refractivity contribution is -0.134. The molecule has 2 aliphatic rings. The SMILES string of the molecule is CCN1/C(=C/C=C2C(=O)N(C)C(=O)N(C)C2=O)Sc2ccccc21. The number of likely N-dealkylation sites (N-methyl/N-ethyl adjacent to an activating group) is 2. The van der Waals surface area contributed by atoms with Crippen LogP contribution in [0.4, 0.5) is 10.5 Å². The van der Waals surface area contributed by atoms with Gasteiger partial charge in [0.25, 0.3) is 11.8 Å². The van der Waals surface area contributed by atoms with Crippen LogP contribution in [-0.2, 0) is 9.59 Å². The molecule has 0 spiro atoms. The Kier molecular flexibility index (Phi) is 4.19. The zero-order chi connectivity index (χ0) is 17.4. The van der Waals surface area contributed by atoms with E-state index in [1.54, 1.807) is 17.8 Å². The molecule has 1 fully saturated rings. The maximum absolute atomic E-state index is 12.2. The van der Waals surface area contributed by atoms with Gasteiger partial charge in [0.1, 0.15) is 5.57 Å². The maximum atomic E-state index is 12.2. The first-order valence-corrected chi connectivity index (χ1v) is 8.33. The van der Waals surface area contributed by atoms with Gasteiger partial charge < -0.3 is 4.90 Å². The summed E-state index contributed by atoms with van der Waals surface area (Å²) >= 11 is 1.59. The standard InChI is InChI=1S/C17H17N3O3S/c1-4-20-12-7-5-6-8-13(12)24-14(20)10-9-11-15(21)18(2)17(23)19(3)16(11)22/h5-10H,4H2,1-3H3/b14-10-. The van der Waals surface area contributed by atoms with Crippen LogP contribution in [0.2, 0.25) is 0 Å². The lowest BCUT2D eigenvalue weighted by Gasteiger charge is -2.28. The molecule has 0 N–H and O–H groups in total. The Morgan fingerprint density at radius 3 is 2.25 bits per heavy atom. The number of anilines is 1. The summed E-state index contributed by atoms with van der Waals surface area (Å²) in [5, 5.41) is 0.939. The van der Waals surface area contributed by atoms with Crippen molar-refractivity contribution < 1.29 is 14.4 Å². The van der Waals surface area contributed by atoms with Gasteiger partial charge in [-0.05, 0) is 31.2 Å². The highest BCUT2D eigenvalue weighted by atomic mass is 32.2. The van der Waals surface area contributed by atoms with E-state index < -0.39 is 17.8 Å². The van der Waals surface area contributed by atoms with E-state index in [2.05, 4.69) is 4.90 Å². The first kappa shape index (κ1) is 16.3. The van der Waals surface area contributed by atoms with Crippen molar-refractivity contribution in [3.63, 3.8) is 0 Å². The third kappa shape index (κ3) is 2.50. The lowest BCUT2D eigenvalue weighted by atomic mass is 10.1. The van der Waals surface area contributed by atoms with Crippen LogP contribution in [0, 0.1) is 0 Å². The van der Waals surface area contributed by atoms with Crippen molar-refractivity contribution in [1.29, 1.82) is 0 Å². The van der Waals surface area contributed by atoms with Gasteiger partial charge in [0.05, 0.1) is 10.7 Å². The smallest absolute Gasteiger partial charge is 0.333 e. The van der Waals surface area contributed by atoms with Crippen molar-refractivity contribution in [2.45, 2.75) is 11.8 Å². The van der Waals surface area contributed by atoms with Crippen molar-refractivity contribution in [2.24, 2.45) is 0 Å². The predicted molar refractivity (Wildman–Crippen MR) is 92.4 cm³/mol. The number of fused-ring (bicyclic) bond motifs is 1. The number of carbonyl (C=O) groups excluding carboxylic acids is 3. The fourth-order valence-corrected chi connectivity index (χ4v) is 3.78. The second-order valence-corrected chi connectivity index (χ2v) is 6.47. The molecule has 1 aromatic carbocycles. The minimum Gasteiger partial charge on any atom is -0.335 e. The molecule has 0 aliphatic carbocycles. The number of carbonyl (C=O) groups is 3. The summed E-state index contributed by atoms with van der Waals surface area (Å²) in [5.74, 6) is -1.16. The van der Waals surface area contributed by atoms with E-state index >= 15 is 0 Å². The van der Waals surface area contributed by atoms with Crippen molar-refractivity contribution >= 4 is 35.3 Å². The first-order valence-electron chi connectivity index (χ1n) is 7.52. The Morgan fingerprint density at radius 1 is 1.00 bits per heavy atom. The molecule has 4 amide bonds. The quantitative estimate of drug-likeness (QED) is 0.610. The van der Waals surface area contributed by atoms with Crippen LogP contribution < -0.4 is 4.90 Å². The van der Waals surface area contributed by atoms with Crippen molar-refractivity contribution in [2.75, 3.05) is 25.5 Å². The Labute approximate surface area is 144 Å². The van der Waals surface area contributed by atoms with Gasteiger partial charge in [-0.3, -0.25) is 19.4 Å². The van der Waals surface area contributed by atoms with E-state index in [0.29, 0.717) is 0 Å². The second-order valence-electron chi connectivity index (χ2n) is 5.41. The van der Waals surface area contributed by atoms with Crippen molar-refractivity contribution in [1.82, 2.24) is 9.80 Å². The Morgan fingerprint density at radius 2 is 1.62 bits per heavy atom. The molecule has 124 valence electrons. The average molecular weight is 343 g/mol. The number of barbiturate groups is 1. The molecule has 6 nitrogen and oxygen atoms in total. The van der Waals surface area contributed by atoms with Crippen LogP contribution in [0.5, 0.6) is 0 Å². The zero-order valence-corrected chi connectivity index (χ0v) is 14.5. The van der Waals surface area contributed by atoms with Gasteiger partial charge in [-0.1, -0.05) is 23.9 Å². The summed E-state index contributed by atoms with van der Waals surface area (Å²) in [6.45, 7) is 2.82. The molecule has 1 aromatic rings. The molecular formula is C17H17N3O3S. The molecule has 1 saturated heterocycles. The number of hydrogen-bond acceptors (Lipinski definition) is 5. The molecule has 2 heterocycles. The van der Waals surface area contributed by atoms with Crippen LogP contribution in [0.3, 0.4) is 0 Å². The molecule has 0 unspecified atom stereocenters. The maximum Gasteiger partial charge on any atom is 0.333 e. The average Bonchev–Trinajstić information content (AvgIpc) is 2.95. The van der Waals surface area contributed by atoms with E-state index in [4.69, 9.17) is 0 Å². The largest absolute Gasteiger partial charge is 0.335 e. The van der Waals surface area contributed by atoms with E-state index in [-0.39, 0.29) is 5.57 Å². The number of thioether (sulfide) groups is 1. The number of allylic oxidation sites excluding steroid dienone is 2. The molecule has 3 rings (SSSR count). The number of rotatable bonds is 2. The number of imide groups is 2. The van der Waals surface area contributed by atoms with Gasteiger partial charge in [0.2, 0.25) is 0 Å². The highest BCUT2D eigenvalue weighted by Crippen LogP contribution is 2.45. The van der Waals surface area contributed by atoms with Gasteiger partial charge in [-0.25, -0.2) is 4.79 Å². The van der Waals surface area contributed by atoms with E-state index in [1.165, 1.54) is 20.2 Å². The minimum atomic E-state index is -0.618. The predicted octanol–water partition coefficient (Wildman–Crippen LogP) is 2.44. The molecule has 0 saturated carbocycles. The summed E-state index contributed by atoms with van der Waals surface area (Å²) in [4.78, 5) is 41.3. The van der Waals surface area contributed by atoms with Crippen molar-refractivity contribution in [3.05, 3.63) is 47.0 Å². The van der Waals surface area contributed by atoms with Gasteiger partial charge in [0.15, 0.2) is 0 Å². The van der Waals surface area contributed by atoms with Crippen LogP contribution in [0.1, 0.15) is 6.92 Å². The minimum absolute atomic E-state index is 0.0142. The van der Waals surface area contributed by atoms with E-state index in [1.807, 2.05) is 31.2 Å². The molecule has 2 aliphatic heterocycles. The number of hydrogen-bond donors (Lipinski definition) is 0. The molecule has 0 atom stereocenters. The third-order valence-corrected chi connectivity index (χ3v) is 5.12. The Balaban J connectivity index is 1.95. The van der Waals surface area contributed by atoms with E-state index in [0.717, 1.165) is 32.0 Å². The van der Waals surface area contributed by atoms with Crippen LogP contribution >= 0.6 is 11.8 Å². The summed E-state index contributed by atoms with van der Waals surface area (Å²) in [6, 6.07) is 7.41. The molecule has 0 radical (unpaired) electrons. The molecule has 0 aromatic heterocycles. The Bertz CT molecular complexity index is 774. The summed E-state index contributed by atoms with van der Waals surface area (Å²) in [6.07, 6.45) is 3.26. The van der Waals surface area contributed by atoms with Crippen molar-refractivity contribution in [3.8, 4) is 0 Å². The summed E-state index contributed by atoms with van der Waals surface area (Å²) < 4.78 is 0. The van der Waals surface area contributed by atoms with Crippen LogP contribution in [0.25, 0.3) is 0 Å². The lowest BCUT2D eigenvalue weighted by Crippen LogP contribution is -2.53. The monoisotopic (exact) mass is 343 g/mol. The fraction of sp³-hybridized carbons (Fsp3) is 0.235. The first-order chi connectivity index (χ1) is 11.5. The zero-order valence-electron chi connectivity index (χ0n) is 13.6. The molecule has 7 heteroatoms. The topological polar surface area (TPSA) is 60.9 Å². The summed E-state index contributed by atoms with van der Waals surface area (Å²) in [5.41, 5.74) is 1.10. The van der Waals surface area contributed by atoms with Gasteiger partial charge in [-0.2, -0.15) is 0 Å². The van der Waals surface area contributed by atoms with Crippen LogP contribution in [-0.4, -0.2) is 48.3 Å². The second kappa shape index (κ2) is 6.16. The van der Waals surface area contributed by atoms with Gasteiger partial charge in [0, 0.05) is 25.5 Å². The number of nitrogens with zero attached hydrogens (tertiary/aromatic N) is 3. The van der Waals surface area contributed by atoms with Gasteiger partial charge >= 0.3 is 6.03 Å². The number of para-hydroxylation sites is 1. The highest BCUT2D eigenvalue weighted by molar-refractivity contribution is 8.03. The normalized spacial score (nSPS) is 19.5. The van der Waals surface area contributed by atoms with E-state index in [9.17, 15) is 14.4 Å². The highest BCUT2D eigenvalue weighted by Gasteiger charge is 2.37. The molecular weight excluding hydrogens is 326 g/mol. The number of amides is 4. The summed E-state index contributed by atoms with van der Waals surface area (Å²) in [7, 11) is 2.74. The number of urea groups is 1.